The zero-order valence-electron chi connectivity index (χ0n) is 13.0. The van der Waals surface area contributed by atoms with Gasteiger partial charge in [-0.15, -0.1) is 0 Å². The van der Waals surface area contributed by atoms with Crippen LogP contribution in [0.3, 0.4) is 0 Å². The Labute approximate surface area is 131 Å². The number of piperazine rings is 1. The van der Waals surface area contributed by atoms with Crippen LogP contribution in [0.25, 0.3) is 0 Å². The number of Topliss-reactive ketones (excluding diaryl/α,β-unsaturated/α-hetero) is 1. The SMILES string of the molecule is O=C(c1ccc(OCCCN2C[C@@H]3C[C@H]2CN3)cc1)C1CC1. The van der Waals surface area contributed by atoms with E-state index in [1.54, 1.807) is 0 Å². The third kappa shape index (κ3) is 3.03. The highest BCUT2D eigenvalue weighted by atomic mass is 16.5. The van der Waals surface area contributed by atoms with Crippen LogP contribution >= 0.6 is 0 Å². The van der Waals surface area contributed by atoms with Crippen LogP contribution in [0.1, 0.15) is 36.0 Å². The average Bonchev–Trinajstić information content (AvgIpc) is 3.20. The number of benzene rings is 1. The summed E-state index contributed by atoms with van der Waals surface area (Å²) in [7, 11) is 0. The van der Waals surface area contributed by atoms with E-state index in [0.29, 0.717) is 5.78 Å². The molecule has 4 rings (SSSR count). The zero-order valence-corrected chi connectivity index (χ0v) is 13.0. The molecule has 0 amide bonds. The minimum Gasteiger partial charge on any atom is -0.494 e. The summed E-state index contributed by atoms with van der Waals surface area (Å²) < 4.78 is 5.80. The van der Waals surface area contributed by atoms with Crippen molar-refractivity contribution >= 4 is 5.78 Å². The average molecular weight is 300 g/mol. The van der Waals surface area contributed by atoms with Gasteiger partial charge in [0.2, 0.25) is 0 Å². The summed E-state index contributed by atoms with van der Waals surface area (Å²) in [6, 6.07) is 9.14. The molecule has 2 aliphatic heterocycles. The van der Waals surface area contributed by atoms with Crippen molar-refractivity contribution in [3.63, 3.8) is 0 Å². The number of rotatable bonds is 7. The van der Waals surface area contributed by atoms with Gasteiger partial charge >= 0.3 is 0 Å². The van der Waals surface area contributed by atoms with E-state index in [1.807, 2.05) is 24.3 Å². The van der Waals surface area contributed by atoms with E-state index < -0.39 is 0 Å². The lowest BCUT2D eigenvalue weighted by Crippen LogP contribution is -2.44. The molecule has 4 heteroatoms. The Bertz CT molecular complexity index is 539. The molecule has 1 saturated carbocycles. The fraction of sp³-hybridized carbons (Fsp3) is 0.611. The van der Waals surface area contributed by atoms with Crippen molar-refractivity contribution in [1.29, 1.82) is 0 Å². The van der Waals surface area contributed by atoms with E-state index in [1.165, 1.54) is 13.0 Å². The number of carbonyl (C=O) groups is 1. The maximum absolute atomic E-state index is 11.9. The second kappa shape index (κ2) is 6.01. The van der Waals surface area contributed by atoms with Crippen LogP contribution in [0.15, 0.2) is 24.3 Å². The molecular weight excluding hydrogens is 276 g/mol. The van der Waals surface area contributed by atoms with Gasteiger partial charge in [0.15, 0.2) is 5.78 Å². The molecule has 1 aliphatic carbocycles. The molecule has 3 fully saturated rings. The van der Waals surface area contributed by atoms with Crippen molar-refractivity contribution in [3.05, 3.63) is 29.8 Å². The Morgan fingerprint density at radius 2 is 2.09 bits per heavy atom. The number of nitrogens with one attached hydrogen (secondary N) is 1. The first kappa shape index (κ1) is 14.2. The van der Waals surface area contributed by atoms with Crippen molar-refractivity contribution in [2.24, 2.45) is 5.92 Å². The third-order valence-corrected chi connectivity index (χ3v) is 5.12. The van der Waals surface area contributed by atoms with E-state index in [4.69, 9.17) is 4.74 Å². The molecule has 1 aromatic rings. The number of hydrogen-bond acceptors (Lipinski definition) is 4. The molecule has 2 saturated heterocycles. The number of ether oxygens (including phenoxy) is 1. The van der Waals surface area contributed by atoms with Gasteiger partial charge < -0.3 is 10.1 Å². The Morgan fingerprint density at radius 1 is 1.27 bits per heavy atom. The lowest BCUT2D eigenvalue weighted by Gasteiger charge is -2.27. The van der Waals surface area contributed by atoms with E-state index in [2.05, 4.69) is 10.2 Å². The largest absolute Gasteiger partial charge is 0.494 e. The molecule has 1 N–H and O–H groups in total. The van der Waals surface area contributed by atoms with Gasteiger partial charge in [-0.1, -0.05) is 0 Å². The standard InChI is InChI=1S/C18H24N2O2/c21-18(13-2-3-13)14-4-6-17(7-5-14)22-9-1-8-20-12-15-10-16(20)11-19-15/h4-7,13,15-16,19H,1-3,8-12H2/t15-,16-/m0/s1. The van der Waals surface area contributed by atoms with Gasteiger partial charge in [0.05, 0.1) is 6.61 Å². The van der Waals surface area contributed by atoms with Crippen molar-refractivity contribution < 1.29 is 9.53 Å². The van der Waals surface area contributed by atoms with Crippen LogP contribution in [0.2, 0.25) is 0 Å². The van der Waals surface area contributed by atoms with Gasteiger partial charge in [-0.3, -0.25) is 9.69 Å². The highest BCUT2D eigenvalue weighted by Crippen LogP contribution is 2.32. The van der Waals surface area contributed by atoms with E-state index >= 15 is 0 Å². The maximum atomic E-state index is 11.9. The number of hydrogen-bond donors (Lipinski definition) is 1. The predicted octanol–water partition coefficient (Wildman–Crippen LogP) is 2.09. The second-order valence-electron chi connectivity index (χ2n) is 6.85. The molecule has 0 aromatic heterocycles. The molecule has 118 valence electrons. The topological polar surface area (TPSA) is 41.6 Å². The minimum absolute atomic E-state index is 0.289. The fourth-order valence-corrected chi connectivity index (χ4v) is 3.68. The van der Waals surface area contributed by atoms with Gasteiger partial charge in [-0.2, -0.15) is 0 Å². The molecule has 2 heterocycles. The summed E-state index contributed by atoms with van der Waals surface area (Å²) in [6.07, 6.45) is 4.50. The first-order valence-electron chi connectivity index (χ1n) is 8.54. The summed E-state index contributed by atoms with van der Waals surface area (Å²) in [5.74, 6) is 1.46. The van der Waals surface area contributed by atoms with Crippen molar-refractivity contribution in [2.75, 3.05) is 26.2 Å². The summed E-state index contributed by atoms with van der Waals surface area (Å²) in [5.41, 5.74) is 0.829. The predicted molar refractivity (Wildman–Crippen MR) is 85.4 cm³/mol. The summed E-state index contributed by atoms with van der Waals surface area (Å²) >= 11 is 0. The number of nitrogens with zero attached hydrogens (tertiary/aromatic N) is 1. The van der Waals surface area contributed by atoms with Gasteiger partial charge in [0.1, 0.15) is 5.75 Å². The number of carbonyl (C=O) groups excluding carboxylic acids is 1. The third-order valence-electron chi connectivity index (χ3n) is 5.12. The van der Waals surface area contributed by atoms with Crippen LogP contribution in [-0.4, -0.2) is 49.0 Å². The van der Waals surface area contributed by atoms with Gasteiger partial charge in [-0.25, -0.2) is 0 Å². The van der Waals surface area contributed by atoms with Crippen molar-refractivity contribution in [3.8, 4) is 5.75 Å². The van der Waals surface area contributed by atoms with Gasteiger partial charge in [-0.05, 0) is 49.9 Å². The van der Waals surface area contributed by atoms with Crippen LogP contribution in [0.4, 0.5) is 0 Å². The fourth-order valence-electron chi connectivity index (χ4n) is 3.68. The zero-order chi connectivity index (χ0) is 14.9. The Hall–Kier alpha value is -1.39. The first-order valence-corrected chi connectivity index (χ1v) is 8.54. The van der Waals surface area contributed by atoms with Crippen LogP contribution in [0, 0.1) is 5.92 Å². The molecule has 1 aromatic carbocycles. The van der Waals surface area contributed by atoms with E-state index in [-0.39, 0.29) is 5.92 Å². The smallest absolute Gasteiger partial charge is 0.165 e. The molecule has 22 heavy (non-hydrogen) atoms. The molecule has 2 atom stereocenters. The lowest BCUT2D eigenvalue weighted by atomic mass is 10.1. The Balaban J connectivity index is 1.20. The monoisotopic (exact) mass is 300 g/mol. The summed E-state index contributed by atoms with van der Waals surface area (Å²) in [4.78, 5) is 14.5. The summed E-state index contributed by atoms with van der Waals surface area (Å²) in [6.45, 7) is 4.23. The molecule has 0 unspecified atom stereocenters. The second-order valence-corrected chi connectivity index (χ2v) is 6.85. The van der Waals surface area contributed by atoms with Crippen LogP contribution < -0.4 is 10.1 Å². The minimum atomic E-state index is 0.289. The molecule has 0 spiro atoms. The molecular formula is C18H24N2O2. The van der Waals surface area contributed by atoms with E-state index in [9.17, 15) is 4.79 Å². The highest BCUT2D eigenvalue weighted by Gasteiger charge is 2.36. The Morgan fingerprint density at radius 3 is 2.73 bits per heavy atom. The molecule has 4 nitrogen and oxygen atoms in total. The highest BCUT2D eigenvalue weighted by molar-refractivity contribution is 5.99. The van der Waals surface area contributed by atoms with Gasteiger partial charge in [0.25, 0.3) is 0 Å². The van der Waals surface area contributed by atoms with Crippen LogP contribution in [0.5, 0.6) is 5.75 Å². The van der Waals surface area contributed by atoms with Crippen molar-refractivity contribution in [1.82, 2.24) is 10.2 Å². The quantitative estimate of drug-likeness (QED) is 0.618. The maximum Gasteiger partial charge on any atom is 0.165 e. The van der Waals surface area contributed by atoms with Gasteiger partial charge in [0, 0.05) is 43.2 Å². The molecule has 3 aliphatic rings. The molecule has 2 bridgehead atoms. The Kier molecular flexibility index (Phi) is 3.89. The number of fused-ring (bicyclic) bond motifs is 2. The van der Waals surface area contributed by atoms with Crippen LogP contribution in [-0.2, 0) is 0 Å². The lowest BCUT2D eigenvalue weighted by molar-refractivity contribution is 0.0967. The number of ketones is 1. The van der Waals surface area contributed by atoms with E-state index in [0.717, 1.165) is 62.4 Å². The van der Waals surface area contributed by atoms with Crippen molar-refractivity contribution in [2.45, 2.75) is 37.8 Å². The molecule has 0 radical (unpaired) electrons. The number of likely N-dealkylation sites (tertiary alicyclic amines) is 1. The normalized spacial score (nSPS) is 27.3. The summed E-state index contributed by atoms with van der Waals surface area (Å²) in [5, 5.41) is 3.53. The first-order chi connectivity index (χ1) is 10.8.